The summed E-state index contributed by atoms with van der Waals surface area (Å²) in [6, 6.07) is 0. The highest BCUT2D eigenvalue weighted by Crippen LogP contribution is 2.26. The molecule has 0 aromatic carbocycles. The van der Waals surface area contributed by atoms with Gasteiger partial charge in [-0.2, -0.15) is 13.2 Å². The summed E-state index contributed by atoms with van der Waals surface area (Å²) in [6.45, 7) is 1.87. The van der Waals surface area contributed by atoms with Crippen LogP contribution in [0.1, 0.15) is 28.3 Å². The normalized spacial score (nSPS) is 14.8. The van der Waals surface area contributed by atoms with Gasteiger partial charge in [-0.25, -0.2) is 14.8 Å². The number of aromatic nitrogens is 2. The monoisotopic (exact) mass is 333 g/mol. The summed E-state index contributed by atoms with van der Waals surface area (Å²) in [7, 11) is 0. The third-order valence-electron chi connectivity index (χ3n) is 2.66. The van der Waals surface area contributed by atoms with Gasteiger partial charge in [0.25, 0.3) is 0 Å². The zero-order chi connectivity index (χ0) is 13.3. The molecule has 0 aliphatic carbocycles. The molecule has 0 unspecified atom stereocenters. The maximum Gasteiger partial charge on any atom is 0.451 e. The number of aromatic carboxylic acids is 1. The van der Waals surface area contributed by atoms with E-state index in [2.05, 4.69) is 9.97 Å². The Morgan fingerprint density at radius 1 is 1.35 bits per heavy atom. The van der Waals surface area contributed by atoms with Crippen molar-refractivity contribution in [2.24, 2.45) is 0 Å². The van der Waals surface area contributed by atoms with Crippen LogP contribution in [0.4, 0.5) is 13.2 Å². The van der Waals surface area contributed by atoms with Gasteiger partial charge in [-0.15, -0.1) is 24.8 Å². The summed E-state index contributed by atoms with van der Waals surface area (Å²) >= 11 is 0. The Morgan fingerprint density at radius 3 is 2.35 bits per heavy atom. The molecule has 0 amide bonds. The van der Waals surface area contributed by atoms with E-state index in [1.807, 2.05) is 4.90 Å². The van der Waals surface area contributed by atoms with Gasteiger partial charge in [0.2, 0.25) is 5.82 Å². The highest BCUT2D eigenvalue weighted by atomic mass is 35.5. The van der Waals surface area contributed by atoms with Crippen molar-refractivity contribution in [2.45, 2.75) is 19.1 Å². The van der Waals surface area contributed by atoms with Crippen molar-refractivity contribution in [1.29, 1.82) is 0 Å². The Hall–Kier alpha value is -1.12. The topological polar surface area (TPSA) is 66.3 Å². The Labute approximate surface area is 125 Å². The number of hydrogen-bond acceptors (Lipinski definition) is 4. The molecule has 1 fully saturated rings. The first-order chi connectivity index (χ1) is 8.38. The summed E-state index contributed by atoms with van der Waals surface area (Å²) in [4.78, 5) is 19.1. The quantitative estimate of drug-likeness (QED) is 0.918. The molecule has 1 aromatic heterocycles. The van der Waals surface area contributed by atoms with Crippen LogP contribution >= 0.6 is 24.8 Å². The standard InChI is InChI=1S/C10H10F3N3O2.2ClH/c11-10(12,13)9-14-4-6(5-16-2-1-3-16)7(15-9)8(17)18;;/h4H,1-3,5H2,(H,17,18);2*1H. The molecule has 0 saturated carbocycles. The SMILES string of the molecule is Cl.Cl.O=C(O)c1nc(C(F)(F)F)ncc1CN1CCC1. The molecular weight excluding hydrogens is 322 g/mol. The van der Waals surface area contributed by atoms with Crippen LogP contribution in [0, 0.1) is 0 Å². The molecule has 5 nitrogen and oxygen atoms in total. The Bertz CT molecular complexity index is 481. The van der Waals surface area contributed by atoms with E-state index in [9.17, 15) is 18.0 Å². The van der Waals surface area contributed by atoms with Gasteiger partial charge in [-0.1, -0.05) is 0 Å². The number of halogens is 5. The van der Waals surface area contributed by atoms with Crippen LogP contribution in [0.3, 0.4) is 0 Å². The highest BCUT2D eigenvalue weighted by Gasteiger charge is 2.36. The van der Waals surface area contributed by atoms with Crippen molar-refractivity contribution in [2.75, 3.05) is 13.1 Å². The van der Waals surface area contributed by atoms with Gasteiger partial charge in [0.15, 0.2) is 5.69 Å². The molecule has 1 N–H and O–H groups in total. The summed E-state index contributed by atoms with van der Waals surface area (Å²) in [6.07, 6.45) is -2.79. The fraction of sp³-hybridized carbons (Fsp3) is 0.500. The van der Waals surface area contributed by atoms with Crippen molar-refractivity contribution in [3.63, 3.8) is 0 Å². The van der Waals surface area contributed by atoms with Crippen LogP contribution in [-0.4, -0.2) is 39.0 Å². The van der Waals surface area contributed by atoms with E-state index in [-0.39, 0.29) is 36.9 Å². The summed E-state index contributed by atoms with van der Waals surface area (Å²) < 4.78 is 37.1. The number of rotatable bonds is 3. The molecule has 1 aliphatic heterocycles. The van der Waals surface area contributed by atoms with E-state index in [4.69, 9.17) is 5.11 Å². The number of carboxylic acid groups (broad SMARTS) is 1. The fourth-order valence-corrected chi connectivity index (χ4v) is 1.62. The van der Waals surface area contributed by atoms with Gasteiger partial charge in [-0.3, -0.25) is 4.90 Å². The zero-order valence-corrected chi connectivity index (χ0v) is 11.7. The maximum atomic E-state index is 12.4. The van der Waals surface area contributed by atoms with E-state index in [0.29, 0.717) is 0 Å². The lowest BCUT2D eigenvalue weighted by atomic mass is 10.1. The molecular formula is C10H12Cl2F3N3O2. The van der Waals surface area contributed by atoms with Gasteiger partial charge in [0.1, 0.15) is 0 Å². The number of likely N-dealkylation sites (tertiary alicyclic amines) is 1. The first kappa shape index (κ1) is 18.9. The molecule has 0 bridgehead atoms. The average molecular weight is 334 g/mol. The Kier molecular flexibility index (Phi) is 6.66. The van der Waals surface area contributed by atoms with E-state index in [1.165, 1.54) is 0 Å². The third-order valence-corrected chi connectivity index (χ3v) is 2.66. The molecule has 0 atom stereocenters. The van der Waals surface area contributed by atoms with Crippen molar-refractivity contribution < 1.29 is 23.1 Å². The largest absolute Gasteiger partial charge is 0.476 e. The Morgan fingerprint density at radius 2 is 1.95 bits per heavy atom. The smallest absolute Gasteiger partial charge is 0.451 e. The number of carboxylic acids is 1. The average Bonchev–Trinajstić information content (AvgIpc) is 2.21. The molecule has 10 heteroatoms. The molecule has 1 aliphatic rings. The summed E-state index contributed by atoms with van der Waals surface area (Å²) in [5.74, 6) is -2.90. The van der Waals surface area contributed by atoms with Crippen LogP contribution < -0.4 is 0 Å². The predicted molar refractivity (Wildman–Crippen MR) is 68.4 cm³/mol. The van der Waals surface area contributed by atoms with Crippen molar-refractivity contribution in [1.82, 2.24) is 14.9 Å². The zero-order valence-electron chi connectivity index (χ0n) is 10.1. The third kappa shape index (κ3) is 4.19. The lowest BCUT2D eigenvalue weighted by Crippen LogP contribution is -2.37. The van der Waals surface area contributed by atoms with Crippen LogP contribution in [-0.2, 0) is 12.7 Å². The van der Waals surface area contributed by atoms with Gasteiger partial charge in [0, 0.05) is 18.3 Å². The maximum absolute atomic E-state index is 12.4. The van der Waals surface area contributed by atoms with Gasteiger partial charge in [-0.05, 0) is 19.5 Å². The number of carbonyl (C=O) groups is 1. The predicted octanol–water partition coefficient (Wildman–Crippen LogP) is 2.24. The minimum Gasteiger partial charge on any atom is -0.476 e. The van der Waals surface area contributed by atoms with E-state index in [0.717, 1.165) is 25.7 Å². The van der Waals surface area contributed by atoms with E-state index < -0.39 is 23.7 Å². The first-order valence-electron chi connectivity index (χ1n) is 5.26. The van der Waals surface area contributed by atoms with E-state index >= 15 is 0 Å². The lowest BCUT2D eigenvalue weighted by molar-refractivity contribution is -0.145. The molecule has 2 rings (SSSR count). The van der Waals surface area contributed by atoms with Crippen LogP contribution in [0.25, 0.3) is 0 Å². The second-order valence-electron chi connectivity index (χ2n) is 4.00. The summed E-state index contributed by atoms with van der Waals surface area (Å²) in [5, 5.41) is 8.88. The molecule has 20 heavy (non-hydrogen) atoms. The van der Waals surface area contributed by atoms with Crippen molar-refractivity contribution in [3.8, 4) is 0 Å². The minimum absolute atomic E-state index is 0. The molecule has 1 aromatic rings. The first-order valence-corrected chi connectivity index (χ1v) is 5.26. The number of hydrogen-bond donors (Lipinski definition) is 1. The molecule has 0 spiro atoms. The summed E-state index contributed by atoms with van der Waals surface area (Å²) in [5.41, 5.74) is -0.376. The molecule has 2 heterocycles. The van der Waals surface area contributed by atoms with Crippen LogP contribution in [0.2, 0.25) is 0 Å². The van der Waals surface area contributed by atoms with Gasteiger partial charge < -0.3 is 5.11 Å². The second-order valence-corrected chi connectivity index (χ2v) is 4.00. The Balaban J connectivity index is 0.00000180. The van der Waals surface area contributed by atoms with Crippen LogP contribution in [0.5, 0.6) is 0 Å². The number of nitrogens with zero attached hydrogens (tertiary/aromatic N) is 3. The van der Waals surface area contributed by atoms with Gasteiger partial charge in [0.05, 0.1) is 0 Å². The molecule has 0 radical (unpaired) electrons. The number of alkyl halides is 3. The van der Waals surface area contributed by atoms with E-state index in [1.54, 1.807) is 0 Å². The van der Waals surface area contributed by atoms with Gasteiger partial charge >= 0.3 is 12.1 Å². The molecule has 114 valence electrons. The van der Waals surface area contributed by atoms with Crippen LogP contribution in [0.15, 0.2) is 6.20 Å². The lowest BCUT2D eigenvalue weighted by Gasteiger charge is -2.30. The highest BCUT2D eigenvalue weighted by molar-refractivity contribution is 5.87. The molecule has 1 saturated heterocycles. The van der Waals surface area contributed by atoms with Crippen molar-refractivity contribution in [3.05, 3.63) is 23.3 Å². The fourth-order valence-electron chi connectivity index (χ4n) is 1.62. The second kappa shape index (κ2) is 7.05. The van der Waals surface area contributed by atoms with Crippen molar-refractivity contribution >= 4 is 30.8 Å². The minimum atomic E-state index is -4.74.